The average Bonchev–Trinajstić information content (AvgIpc) is 2.63. The highest BCUT2D eigenvalue weighted by Gasteiger charge is 2.23. The van der Waals surface area contributed by atoms with Crippen molar-refractivity contribution in [1.29, 1.82) is 0 Å². The second-order valence-corrected chi connectivity index (χ2v) is 7.64. The highest BCUT2D eigenvalue weighted by atomic mass is 32.2. The predicted octanol–water partition coefficient (Wildman–Crippen LogP) is 2.52. The van der Waals surface area contributed by atoms with Crippen molar-refractivity contribution in [2.45, 2.75) is 30.8 Å². The summed E-state index contributed by atoms with van der Waals surface area (Å²) in [5, 5.41) is 2.56. The zero-order valence-corrected chi connectivity index (χ0v) is 15.8. The van der Waals surface area contributed by atoms with E-state index in [2.05, 4.69) is 10.0 Å². The Balaban J connectivity index is 2.04. The minimum atomic E-state index is -3.92. The molecule has 9 heteroatoms. The lowest BCUT2D eigenvalue weighted by Crippen LogP contribution is -2.45. The van der Waals surface area contributed by atoms with Crippen molar-refractivity contribution in [3.8, 4) is 5.75 Å². The first-order valence-corrected chi connectivity index (χ1v) is 9.54. The Kier molecular flexibility index (Phi) is 6.50. The van der Waals surface area contributed by atoms with Gasteiger partial charge in [0.05, 0.1) is 24.1 Å². The molecule has 0 saturated carbocycles. The quantitative estimate of drug-likeness (QED) is 0.751. The van der Waals surface area contributed by atoms with E-state index in [0.29, 0.717) is 11.3 Å². The lowest BCUT2D eigenvalue weighted by Gasteiger charge is -2.19. The van der Waals surface area contributed by atoms with Crippen molar-refractivity contribution in [2.75, 3.05) is 7.11 Å². The van der Waals surface area contributed by atoms with Gasteiger partial charge in [-0.25, -0.2) is 17.2 Å². The first-order chi connectivity index (χ1) is 12.6. The van der Waals surface area contributed by atoms with Gasteiger partial charge in [0.15, 0.2) is 11.6 Å². The summed E-state index contributed by atoms with van der Waals surface area (Å²) in [5.41, 5.74) is 0.354. The number of benzene rings is 2. The third-order valence-electron chi connectivity index (χ3n) is 3.90. The number of rotatable bonds is 7. The molecule has 0 aliphatic rings. The molecule has 2 rings (SSSR count). The van der Waals surface area contributed by atoms with Gasteiger partial charge in [-0.05, 0) is 55.8 Å². The maximum absolute atomic E-state index is 13.3. The van der Waals surface area contributed by atoms with Crippen molar-refractivity contribution < 1.29 is 26.7 Å². The van der Waals surface area contributed by atoms with Crippen LogP contribution < -0.4 is 14.8 Å². The fourth-order valence-electron chi connectivity index (χ4n) is 2.31. The number of methoxy groups -OCH3 is 1. The SMILES string of the molecule is COc1ccc(S(=O)(=O)N[C@@H](C)C(=O)NC(C)c2ccc(F)c(F)c2)cc1. The van der Waals surface area contributed by atoms with Gasteiger partial charge in [0.25, 0.3) is 0 Å². The van der Waals surface area contributed by atoms with Gasteiger partial charge < -0.3 is 10.1 Å². The molecule has 0 heterocycles. The van der Waals surface area contributed by atoms with Gasteiger partial charge in [-0.2, -0.15) is 4.72 Å². The fraction of sp³-hybridized carbons (Fsp3) is 0.278. The molecule has 2 aromatic carbocycles. The maximum atomic E-state index is 13.3. The Labute approximate surface area is 156 Å². The van der Waals surface area contributed by atoms with Gasteiger partial charge in [0.2, 0.25) is 15.9 Å². The van der Waals surface area contributed by atoms with Gasteiger partial charge in [-0.15, -0.1) is 0 Å². The first kappa shape index (κ1) is 20.8. The molecule has 0 saturated heterocycles. The largest absolute Gasteiger partial charge is 0.497 e. The van der Waals surface area contributed by atoms with Crippen LogP contribution in [0, 0.1) is 11.6 Å². The molecule has 2 N–H and O–H groups in total. The first-order valence-electron chi connectivity index (χ1n) is 8.05. The minimum absolute atomic E-state index is 0.0170. The Morgan fingerprint density at radius 2 is 1.67 bits per heavy atom. The molecule has 0 bridgehead atoms. The molecular formula is C18H20F2N2O4S. The van der Waals surface area contributed by atoms with E-state index in [1.54, 1.807) is 6.92 Å². The molecule has 6 nitrogen and oxygen atoms in total. The average molecular weight is 398 g/mol. The van der Waals surface area contributed by atoms with Gasteiger partial charge in [-0.3, -0.25) is 4.79 Å². The molecule has 2 aromatic rings. The van der Waals surface area contributed by atoms with Crippen molar-refractivity contribution in [3.05, 3.63) is 59.7 Å². The number of amides is 1. The number of hydrogen-bond donors (Lipinski definition) is 2. The minimum Gasteiger partial charge on any atom is -0.497 e. The van der Waals surface area contributed by atoms with Crippen molar-refractivity contribution in [1.82, 2.24) is 10.0 Å². The zero-order valence-electron chi connectivity index (χ0n) is 15.0. The van der Waals surface area contributed by atoms with Crippen molar-refractivity contribution in [2.24, 2.45) is 0 Å². The Hall–Kier alpha value is -2.52. The van der Waals surface area contributed by atoms with E-state index < -0.39 is 39.6 Å². The van der Waals surface area contributed by atoms with Crippen LogP contribution in [-0.4, -0.2) is 27.5 Å². The summed E-state index contributed by atoms with van der Waals surface area (Å²) in [6.45, 7) is 2.96. The molecule has 1 unspecified atom stereocenters. The molecule has 146 valence electrons. The van der Waals surface area contributed by atoms with Crippen LogP contribution in [-0.2, 0) is 14.8 Å². The van der Waals surface area contributed by atoms with Gasteiger partial charge in [0, 0.05) is 0 Å². The summed E-state index contributed by atoms with van der Waals surface area (Å²) in [7, 11) is -2.46. The second kappa shape index (κ2) is 8.45. The molecule has 0 aliphatic heterocycles. The van der Waals surface area contributed by atoms with Crippen molar-refractivity contribution in [3.63, 3.8) is 0 Å². The molecular weight excluding hydrogens is 378 g/mol. The van der Waals surface area contributed by atoms with E-state index in [4.69, 9.17) is 4.74 Å². The third kappa shape index (κ3) is 5.24. The molecule has 0 aromatic heterocycles. The van der Waals surface area contributed by atoms with E-state index in [0.717, 1.165) is 12.1 Å². The van der Waals surface area contributed by atoms with E-state index in [9.17, 15) is 22.0 Å². The molecule has 0 fully saturated rings. The van der Waals surface area contributed by atoms with Crippen molar-refractivity contribution >= 4 is 15.9 Å². The monoisotopic (exact) mass is 398 g/mol. The van der Waals surface area contributed by atoms with Gasteiger partial charge in [0.1, 0.15) is 5.75 Å². The molecule has 1 amide bonds. The smallest absolute Gasteiger partial charge is 0.241 e. The summed E-state index contributed by atoms with van der Waals surface area (Å²) in [6, 6.07) is 7.26. The number of carbonyl (C=O) groups excluding carboxylic acids is 1. The van der Waals surface area contributed by atoms with Gasteiger partial charge in [-0.1, -0.05) is 6.07 Å². The van der Waals surface area contributed by atoms with Crippen LogP contribution in [0.2, 0.25) is 0 Å². The predicted molar refractivity (Wildman–Crippen MR) is 95.7 cm³/mol. The number of hydrogen-bond acceptors (Lipinski definition) is 4. The molecule has 0 aliphatic carbocycles. The van der Waals surface area contributed by atoms with Crippen LogP contribution >= 0.6 is 0 Å². The highest BCUT2D eigenvalue weighted by Crippen LogP contribution is 2.17. The number of halogens is 2. The maximum Gasteiger partial charge on any atom is 0.241 e. The summed E-state index contributed by atoms with van der Waals surface area (Å²) in [5.74, 6) is -2.12. The Morgan fingerprint density at radius 1 is 1.04 bits per heavy atom. The number of sulfonamides is 1. The van der Waals surface area contributed by atoms with Crippen LogP contribution in [0.4, 0.5) is 8.78 Å². The summed E-state index contributed by atoms with van der Waals surface area (Å²) in [4.78, 5) is 12.2. The van der Waals surface area contributed by atoms with Crippen LogP contribution in [0.3, 0.4) is 0 Å². The van der Waals surface area contributed by atoms with E-state index in [1.807, 2.05) is 0 Å². The van der Waals surface area contributed by atoms with Crippen LogP contribution in [0.25, 0.3) is 0 Å². The standard InChI is InChI=1S/C18H20F2N2O4S/c1-11(13-4-9-16(19)17(20)10-13)21-18(23)12(2)22-27(24,25)15-7-5-14(26-3)6-8-15/h4-12,22H,1-3H3,(H,21,23)/t11?,12-/m0/s1. The van der Waals surface area contributed by atoms with Gasteiger partial charge >= 0.3 is 0 Å². The lowest BCUT2D eigenvalue weighted by atomic mass is 10.1. The third-order valence-corrected chi connectivity index (χ3v) is 5.45. The molecule has 0 spiro atoms. The van der Waals surface area contributed by atoms with Crippen LogP contribution in [0.5, 0.6) is 5.75 Å². The fourth-order valence-corrected chi connectivity index (χ4v) is 3.52. The summed E-state index contributed by atoms with van der Waals surface area (Å²) in [6.07, 6.45) is 0. The molecule has 0 radical (unpaired) electrons. The van der Waals surface area contributed by atoms with Crippen LogP contribution in [0.15, 0.2) is 47.4 Å². The van der Waals surface area contributed by atoms with E-state index in [-0.39, 0.29) is 4.90 Å². The molecule has 27 heavy (non-hydrogen) atoms. The van der Waals surface area contributed by atoms with Crippen LogP contribution in [0.1, 0.15) is 25.5 Å². The summed E-state index contributed by atoms with van der Waals surface area (Å²) >= 11 is 0. The normalized spacial score (nSPS) is 13.7. The lowest BCUT2D eigenvalue weighted by molar-refractivity contribution is -0.123. The summed E-state index contributed by atoms with van der Waals surface area (Å²) < 4.78 is 58.3. The molecule has 2 atom stereocenters. The Morgan fingerprint density at radius 3 is 2.22 bits per heavy atom. The van der Waals surface area contributed by atoms with E-state index in [1.165, 1.54) is 44.4 Å². The Bertz CT molecular complexity index is 917. The number of nitrogens with one attached hydrogen (secondary N) is 2. The van der Waals surface area contributed by atoms with E-state index >= 15 is 0 Å². The number of ether oxygens (including phenoxy) is 1. The second-order valence-electron chi connectivity index (χ2n) is 5.92. The zero-order chi connectivity index (χ0) is 20.2. The topological polar surface area (TPSA) is 84.5 Å². The highest BCUT2D eigenvalue weighted by molar-refractivity contribution is 7.89. The number of carbonyl (C=O) groups is 1.